The van der Waals surface area contributed by atoms with Crippen molar-refractivity contribution in [1.82, 2.24) is 4.57 Å². The van der Waals surface area contributed by atoms with Crippen molar-refractivity contribution in [3.63, 3.8) is 0 Å². The van der Waals surface area contributed by atoms with Crippen LogP contribution in [0.25, 0.3) is 11.3 Å². The third-order valence-electron chi connectivity index (χ3n) is 4.77. The number of hydrogen-bond donors (Lipinski definition) is 1. The van der Waals surface area contributed by atoms with Crippen molar-refractivity contribution in [3.8, 4) is 11.3 Å². The summed E-state index contributed by atoms with van der Waals surface area (Å²) in [5.41, 5.74) is 4.09. The van der Waals surface area contributed by atoms with Gasteiger partial charge in [-0.1, -0.05) is 58.4 Å². The van der Waals surface area contributed by atoms with Crippen LogP contribution in [-0.2, 0) is 17.8 Å². The van der Waals surface area contributed by atoms with Gasteiger partial charge in [-0.2, -0.15) is 0 Å². The Hall–Kier alpha value is -3.05. The Kier molecular flexibility index (Phi) is 5.67. The maximum Gasteiger partial charge on any atom is 0.229 e. The topological polar surface area (TPSA) is 47.2 Å². The third kappa shape index (κ3) is 4.51. The van der Waals surface area contributed by atoms with E-state index in [1.165, 1.54) is 0 Å². The van der Waals surface area contributed by atoms with Gasteiger partial charge < -0.3 is 14.3 Å². The zero-order valence-electron chi connectivity index (χ0n) is 16.1. The Bertz CT molecular complexity index is 1100. The van der Waals surface area contributed by atoms with E-state index in [-0.39, 0.29) is 5.91 Å². The van der Waals surface area contributed by atoms with Gasteiger partial charge in [0, 0.05) is 17.2 Å². The number of aromatic nitrogens is 1. The van der Waals surface area contributed by atoms with Gasteiger partial charge >= 0.3 is 0 Å². The molecule has 0 atom stereocenters. The number of hydrogen-bond acceptors (Lipinski definition) is 2. The van der Waals surface area contributed by atoms with Crippen LogP contribution in [0.5, 0.6) is 0 Å². The first-order valence-electron chi connectivity index (χ1n) is 9.42. The van der Waals surface area contributed by atoms with E-state index in [9.17, 15) is 4.79 Å². The van der Waals surface area contributed by atoms with Crippen molar-refractivity contribution < 1.29 is 9.21 Å². The summed E-state index contributed by atoms with van der Waals surface area (Å²) in [6, 6.07) is 21.8. The van der Waals surface area contributed by atoms with E-state index in [1.807, 2.05) is 61.5 Å². The molecule has 0 aliphatic carbocycles. The zero-order valence-corrected chi connectivity index (χ0v) is 17.6. The molecule has 2 heterocycles. The maximum absolute atomic E-state index is 12.8. The molecule has 1 N–H and O–H groups in total. The van der Waals surface area contributed by atoms with Gasteiger partial charge in [-0.3, -0.25) is 4.79 Å². The molecule has 2 aromatic heterocycles. The molecule has 4 nitrogen and oxygen atoms in total. The Labute approximate surface area is 178 Å². The number of carbonyl (C=O) groups is 1. The van der Waals surface area contributed by atoms with Crippen LogP contribution < -0.4 is 5.32 Å². The van der Waals surface area contributed by atoms with Gasteiger partial charge in [-0.15, -0.1) is 0 Å². The lowest BCUT2D eigenvalue weighted by Crippen LogP contribution is -2.18. The number of benzene rings is 2. The van der Waals surface area contributed by atoms with Crippen LogP contribution in [-0.4, -0.2) is 10.5 Å². The number of furan rings is 1. The highest BCUT2D eigenvalue weighted by Gasteiger charge is 2.19. The maximum atomic E-state index is 12.8. The lowest BCUT2D eigenvalue weighted by atomic mass is 10.1. The summed E-state index contributed by atoms with van der Waals surface area (Å²) in [4.78, 5) is 12.8. The van der Waals surface area contributed by atoms with Gasteiger partial charge in [-0.25, -0.2) is 0 Å². The average Bonchev–Trinajstić information content (AvgIpc) is 3.33. The summed E-state index contributed by atoms with van der Waals surface area (Å²) in [5.74, 6) is 1.43. The summed E-state index contributed by atoms with van der Waals surface area (Å²) >= 11 is 3.43. The molecule has 0 saturated heterocycles. The first-order chi connectivity index (χ1) is 14.1. The van der Waals surface area contributed by atoms with Crippen LogP contribution in [0, 0.1) is 6.92 Å². The summed E-state index contributed by atoms with van der Waals surface area (Å²) in [6.45, 7) is 2.69. The Morgan fingerprint density at radius 3 is 2.45 bits per heavy atom. The average molecular weight is 449 g/mol. The zero-order chi connectivity index (χ0) is 20.2. The van der Waals surface area contributed by atoms with Gasteiger partial charge in [0.2, 0.25) is 5.91 Å². The van der Waals surface area contributed by atoms with Gasteiger partial charge in [0.25, 0.3) is 0 Å². The number of amides is 1. The lowest BCUT2D eigenvalue weighted by molar-refractivity contribution is -0.115. The van der Waals surface area contributed by atoms with E-state index in [1.54, 1.807) is 6.26 Å². The number of anilines is 1. The molecule has 0 radical (unpaired) electrons. The Morgan fingerprint density at radius 2 is 1.76 bits per heavy atom. The van der Waals surface area contributed by atoms with Crippen molar-refractivity contribution in [2.75, 3.05) is 5.32 Å². The SMILES string of the molecule is Cc1cn(Cc2ccccc2)c(NC(=O)Cc2ccc(Br)cc2)c1-c1ccco1. The molecule has 29 heavy (non-hydrogen) atoms. The molecular formula is C24H21BrN2O2. The van der Waals surface area contributed by atoms with Crippen molar-refractivity contribution >= 4 is 27.7 Å². The minimum absolute atomic E-state index is 0.0625. The van der Waals surface area contributed by atoms with E-state index in [4.69, 9.17) is 4.42 Å². The monoisotopic (exact) mass is 448 g/mol. The summed E-state index contributed by atoms with van der Waals surface area (Å²) in [5, 5.41) is 3.12. The molecular weight excluding hydrogens is 428 g/mol. The molecule has 4 aromatic rings. The molecule has 1 amide bonds. The summed E-state index contributed by atoms with van der Waals surface area (Å²) < 4.78 is 8.71. The van der Waals surface area contributed by atoms with Crippen molar-refractivity contribution in [3.05, 3.63) is 100 Å². The summed E-state index contributed by atoms with van der Waals surface area (Å²) in [6.07, 6.45) is 4.01. The second kappa shape index (κ2) is 8.53. The number of nitrogens with one attached hydrogen (secondary N) is 1. The van der Waals surface area contributed by atoms with Crippen molar-refractivity contribution in [2.24, 2.45) is 0 Å². The van der Waals surface area contributed by atoms with Crippen LogP contribution in [0.2, 0.25) is 0 Å². The Morgan fingerprint density at radius 1 is 1.00 bits per heavy atom. The second-order valence-corrected chi connectivity index (χ2v) is 7.89. The van der Waals surface area contributed by atoms with E-state index in [2.05, 4.69) is 44.1 Å². The number of carbonyl (C=O) groups excluding carboxylic acids is 1. The van der Waals surface area contributed by atoms with Crippen LogP contribution >= 0.6 is 15.9 Å². The first-order valence-corrected chi connectivity index (χ1v) is 10.2. The van der Waals surface area contributed by atoms with Crippen LogP contribution in [0.15, 0.2) is 88.1 Å². The number of halogens is 1. The minimum Gasteiger partial charge on any atom is -0.464 e. The number of aryl methyl sites for hydroxylation is 1. The van der Waals surface area contributed by atoms with Gasteiger partial charge in [0.15, 0.2) is 0 Å². The second-order valence-electron chi connectivity index (χ2n) is 6.98. The van der Waals surface area contributed by atoms with Crippen molar-refractivity contribution in [2.45, 2.75) is 19.9 Å². The molecule has 0 aliphatic rings. The van der Waals surface area contributed by atoms with Crippen LogP contribution in [0.4, 0.5) is 5.82 Å². The third-order valence-corrected chi connectivity index (χ3v) is 5.30. The molecule has 0 saturated carbocycles. The Balaban J connectivity index is 1.65. The lowest BCUT2D eigenvalue weighted by Gasteiger charge is -2.13. The predicted molar refractivity (Wildman–Crippen MR) is 119 cm³/mol. The number of rotatable bonds is 6. The highest BCUT2D eigenvalue weighted by Crippen LogP contribution is 2.34. The fourth-order valence-electron chi connectivity index (χ4n) is 3.43. The van der Waals surface area contributed by atoms with E-state index < -0.39 is 0 Å². The molecule has 0 unspecified atom stereocenters. The predicted octanol–water partition coefficient (Wildman–Crippen LogP) is 6.05. The molecule has 0 aliphatic heterocycles. The van der Waals surface area contributed by atoms with Crippen molar-refractivity contribution in [1.29, 1.82) is 0 Å². The van der Waals surface area contributed by atoms with Gasteiger partial charge in [-0.05, 0) is 47.9 Å². The van der Waals surface area contributed by atoms with Crippen LogP contribution in [0.1, 0.15) is 16.7 Å². The van der Waals surface area contributed by atoms with Gasteiger partial charge in [0.05, 0.1) is 18.2 Å². The normalized spacial score (nSPS) is 10.8. The molecule has 146 valence electrons. The smallest absolute Gasteiger partial charge is 0.229 e. The van der Waals surface area contributed by atoms with E-state index in [0.717, 1.165) is 38.3 Å². The largest absolute Gasteiger partial charge is 0.464 e. The molecule has 4 rings (SSSR count). The van der Waals surface area contributed by atoms with Crippen LogP contribution in [0.3, 0.4) is 0 Å². The molecule has 0 fully saturated rings. The van der Waals surface area contributed by atoms with E-state index >= 15 is 0 Å². The highest BCUT2D eigenvalue weighted by molar-refractivity contribution is 9.10. The minimum atomic E-state index is -0.0625. The molecule has 0 spiro atoms. The fourth-order valence-corrected chi connectivity index (χ4v) is 3.69. The standard InChI is InChI=1S/C24H21BrN2O2/c1-17-15-27(16-19-6-3-2-4-7-19)24(23(17)21-8-5-13-29-21)26-22(28)14-18-9-11-20(25)12-10-18/h2-13,15H,14,16H2,1H3,(H,26,28). The highest BCUT2D eigenvalue weighted by atomic mass is 79.9. The molecule has 2 aromatic carbocycles. The molecule has 0 bridgehead atoms. The first kappa shape index (κ1) is 19.3. The molecule has 5 heteroatoms. The summed E-state index contributed by atoms with van der Waals surface area (Å²) in [7, 11) is 0. The fraction of sp³-hybridized carbons (Fsp3) is 0.125. The number of nitrogens with zero attached hydrogens (tertiary/aromatic N) is 1. The quantitative estimate of drug-likeness (QED) is 0.390. The van der Waals surface area contributed by atoms with Gasteiger partial charge in [0.1, 0.15) is 11.6 Å². The van der Waals surface area contributed by atoms with E-state index in [0.29, 0.717) is 13.0 Å².